The number of hydrogen-bond donors (Lipinski definition) is 1. The average Bonchev–Trinajstić information content (AvgIpc) is 2.81. The van der Waals surface area contributed by atoms with Gasteiger partial charge in [0.05, 0.1) is 19.1 Å². The summed E-state index contributed by atoms with van der Waals surface area (Å²) < 4.78 is 31.3. The molecular formula is C25H35N3O5S. The molecule has 0 heterocycles. The molecule has 0 spiro atoms. The Morgan fingerprint density at radius 1 is 1.00 bits per heavy atom. The van der Waals surface area contributed by atoms with Crippen LogP contribution in [0.3, 0.4) is 0 Å². The summed E-state index contributed by atoms with van der Waals surface area (Å²) in [5, 5.41) is 2.86. The largest absolute Gasteiger partial charge is 0.497 e. The van der Waals surface area contributed by atoms with Crippen LogP contribution in [0.25, 0.3) is 0 Å². The van der Waals surface area contributed by atoms with Crippen LogP contribution in [-0.2, 0) is 26.0 Å². The first-order chi connectivity index (χ1) is 16.0. The van der Waals surface area contributed by atoms with Crippen LogP contribution in [0.5, 0.6) is 5.75 Å². The Kier molecular flexibility index (Phi) is 9.92. The SMILES string of the molecule is COc1ccc(N(CC(=O)N(CCc2ccccc2)C(C)C(=O)NCC(C)C)S(C)(=O)=O)cc1. The predicted octanol–water partition coefficient (Wildman–Crippen LogP) is 2.69. The Balaban J connectivity index is 2.28. The number of hydrogen-bond acceptors (Lipinski definition) is 5. The fourth-order valence-electron chi connectivity index (χ4n) is 3.38. The molecule has 8 nitrogen and oxygen atoms in total. The zero-order chi connectivity index (χ0) is 25.3. The first-order valence-electron chi connectivity index (χ1n) is 11.3. The average molecular weight is 490 g/mol. The van der Waals surface area contributed by atoms with E-state index >= 15 is 0 Å². The second-order valence-electron chi connectivity index (χ2n) is 8.61. The van der Waals surface area contributed by atoms with Crippen molar-refractivity contribution in [1.82, 2.24) is 10.2 Å². The Labute approximate surface area is 202 Å². The van der Waals surface area contributed by atoms with Crippen molar-refractivity contribution in [2.75, 3.05) is 37.3 Å². The van der Waals surface area contributed by atoms with Gasteiger partial charge < -0.3 is 15.0 Å². The first-order valence-corrected chi connectivity index (χ1v) is 13.1. The summed E-state index contributed by atoms with van der Waals surface area (Å²) in [4.78, 5) is 27.6. The van der Waals surface area contributed by atoms with Crippen molar-refractivity contribution in [2.24, 2.45) is 5.92 Å². The van der Waals surface area contributed by atoms with Crippen LogP contribution in [0.4, 0.5) is 5.69 Å². The van der Waals surface area contributed by atoms with E-state index in [-0.39, 0.29) is 18.4 Å². The number of ether oxygens (including phenoxy) is 1. The summed E-state index contributed by atoms with van der Waals surface area (Å²) in [6, 6.07) is 15.3. The molecule has 1 N–H and O–H groups in total. The van der Waals surface area contributed by atoms with Crippen LogP contribution < -0.4 is 14.4 Å². The lowest BCUT2D eigenvalue weighted by atomic mass is 10.1. The fraction of sp³-hybridized carbons (Fsp3) is 0.440. The van der Waals surface area contributed by atoms with Gasteiger partial charge in [-0.15, -0.1) is 0 Å². The van der Waals surface area contributed by atoms with Crippen LogP contribution in [0, 0.1) is 5.92 Å². The summed E-state index contributed by atoms with van der Waals surface area (Å²) in [5.74, 6) is 0.110. The number of amides is 2. The van der Waals surface area contributed by atoms with Gasteiger partial charge >= 0.3 is 0 Å². The molecule has 2 aromatic carbocycles. The molecule has 1 unspecified atom stereocenters. The number of anilines is 1. The van der Waals surface area contributed by atoms with E-state index in [1.807, 2.05) is 44.2 Å². The molecule has 0 radical (unpaired) electrons. The molecule has 2 amide bonds. The van der Waals surface area contributed by atoms with Gasteiger partial charge in [0.2, 0.25) is 21.8 Å². The minimum absolute atomic E-state index is 0.264. The number of benzene rings is 2. The smallest absolute Gasteiger partial charge is 0.244 e. The van der Waals surface area contributed by atoms with Gasteiger partial charge in [-0.2, -0.15) is 0 Å². The number of sulfonamides is 1. The zero-order valence-corrected chi connectivity index (χ0v) is 21.3. The minimum atomic E-state index is -3.76. The summed E-state index contributed by atoms with van der Waals surface area (Å²) in [5.41, 5.74) is 1.36. The lowest BCUT2D eigenvalue weighted by molar-refractivity contribution is -0.138. The van der Waals surface area contributed by atoms with E-state index in [1.54, 1.807) is 31.2 Å². The number of carbonyl (C=O) groups is 2. The Hall–Kier alpha value is -3.07. The number of methoxy groups -OCH3 is 1. The lowest BCUT2D eigenvalue weighted by Crippen LogP contribution is -2.52. The van der Waals surface area contributed by atoms with Crippen molar-refractivity contribution >= 4 is 27.5 Å². The molecule has 2 rings (SSSR count). The zero-order valence-electron chi connectivity index (χ0n) is 20.5. The molecule has 0 fully saturated rings. The third kappa shape index (κ3) is 8.06. The van der Waals surface area contributed by atoms with Crippen molar-refractivity contribution in [1.29, 1.82) is 0 Å². The van der Waals surface area contributed by atoms with Crippen LogP contribution >= 0.6 is 0 Å². The molecule has 2 aromatic rings. The van der Waals surface area contributed by atoms with Crippen molar-refractivity contribution in [3.8, 4) is 5.75 Å². The molecule has 0 saturated heterocycles. The Morgan fingerprint density at radius 3 is 2.15 bits per heavy atom. The van der Waals surface area contributed by atoms with Gasteiger partial charge in [0.15, 0.2) is 0 Å². The van der Waals surface area contributed by atoms with Crippen LogP contribution in [-0.4, -0.2) is 64.2 Å². The highest BCUT2D eigenvalue weighted by Gasteiger charge is 2.29. The van der Waals surface area contributed by atoms with Gasteiger partial charge in [-0.05, 0) is 49.1 Å². The van der Waals surface area contributed by atoms with Crippen molar-refractivity contribution in [3.05, 3.63) is 60.2 Å². The maximum absolute atomic E-state index is 13.4. The molecule has 0 saturated carbocycles. The summed E-state index contributed by atoms with van der Waals surface area (Å²) >= 11 is 0. The quantitative estimate of drug-likeness (QED) is 0.495. The molecule has 186 valence electrons. The van der Waals surface area contributed by atoms with E-state index in [9.17, 15) is 18.0 Å². The molecule has 0 aliphatic rings. The number of nitrogens with zero attached hydrogens (tertiary/aromatic N) is 2. The van der Waals surface area contributed by atoms with Crippen LogP contribution in [0.1, 0.15) is 26.3 Å². The van der Waals surface area contributed by atoms with E-state index in [1.165, 1.54) is 12.0 Å². The maximum atomic E-state index is 13.4. The third-order valence-electron chi connectivity index (χ3n) is 5.38. The maximum Gasteiger partial charge on any atom is 0.244 e. The van der Waals surface area contributed by atoms with Gasteiger partial charge in [-0.25, -0.2) is 8.42 Å². The second-order valence-corrected chi connectivity index (χ2v) is 10.5. The summed E-state index contributed by atoms with van der Waals surface area (Å²) in [7, 11) is -2.24. The lowest BCUT2D eigenvalue weighted by Gasteiger charge is -2.31. The van der Waals surface area contributed by atoms with Gasteiger partial charge in [0.25, 0.3) is 0 Å². The predicted molar refractivity (Wildman–Crippen MR) is 134 cm³/mol. The van der Waals surface area contributed by atoms with Crippen LogP contribution in [0.15, 0.2) is 54.6 Å². The first kappa shape index (κ1) is 27.2. The normalized spacial score (nSPS) is 12.2. The number of nitrogens with one attached hydrogen (secondary N) is 1. The van der Waals surface area contributed by atoms with E-state index in [0.29, 0.717) is 24.4 Å². The highest BCUT2D eigenvalue weighted by molar-refractivity contribution is 7.92. The van der Waals surface area contributed by atoms with Gasteiger partial charge in [-0.3, -0.25) is 13.9 Å². The second kappa shape index (κ2) is 12.4. The van der Waals surface area contributed by atoms with E-state index in [2.05, 4.69) is 5.32 Å². The standard InChI is InChI=1S/C25H35N3O5S/c1-19(2)17-26-25(30)20(3)27(16-15-21-9-7-6-8-10-21)24(29)18-28(34(5,31)32)22-11-13-23(33-4)14-12-22/h6-14,19-20H,15-18H2,1-5H3,(H,26,30). The van der Waals surface area contributed by atoms with Crippen molar-refractivity contribution < 1.29 is 22.7 Å². The Morgan fingerprint density at radius 2 is 1.62 bits per heavy atom. The molecular weight excluding hydrogens is 454 g/mol. The Bertz CT molecular complexity index is 1040. The van der Waals surface area contributed by atoms with E-state index < -0.39 is 28.5 Å². The minimum Gasteiger partial charge on any atom is -0.497 e. The molecule has 1 atom stereocenters. The van der Waals surface area contributed by atoms with E-state index in [4.69, 9.17) is 4.74 Å². The highest BCUT2D eigenvalue weighted by atomic mass is 32.2. The number of rotatable bonds is 12. The molecule has 0 aliphatic carbocycles. The fourth-order valence-corrected chi connectivity index (χ4v) is 4.23. The summed E-state index contributed by atoms with van der Waals surface area (Å²) in [6.07, 6.45) is 1.59. The number of carbonyl (C=O) groups excluding carboxylic acids is 2. The van der Waals surface area contributed by atoms with Gasteiger partial charge in [0.1, 0.15) is 18.3 Å². The van der Waals surface area contributed by atoms with Gasteiger partial charge in [0, 0.05) is 13.1 Å². The van der Waals surface area contributed by atoms with Crippen molar-refractivity contribution in [3.63, 3.8) is 0 Å². The van der Waals surface area contributed by atoms with Crippen LogP contribution in [0.2, 0.25) is 0 Å². The topological polar surface area (TPSA) is 96.0 Å². The highest BCUT2D eigenvalue weighted by Crippen LogP contribution is 2.22. The van der Waals surface area contributed by atoms with Gasteiger partial charge in [-0.1, -0.05) is 44.2 Å². The monoisotopic (exact) mass is 489 g/mol. The molecule has 0 bridgehead atoms. The summed E-state index contributed by atoms with van der Waals surface area (Å²) in [6.45, 7) is 5.99. The van der Waals surface area contributed by atoms with Crippen molar-refractivity contribution in [2.45, 2.75) is 33.2 Å². The third-order valence-corrected chi connectivity index (χ3v) is 6.52. The van der Waals surface area contributed by atoms with E-state index in [0.717, 1.165) is 16.1 Å². The molecule has 34 heavy (non-hydrogen) atoms. The molecule has 0 aromatic heterocycles. The molecule has 9 heteroatoms. The molecule has 0 aliphatic heterocycles.